The summed E-state index contributed by atoms with van der Waals surface area (Å²) in [6.45, 7) is 3.96. The molecule has 0 atom stereocenters. The van der Waals surface area contributed by atoms with Gasteiger partial charge in [-0.25, -0.2) is 0 Å². The van der Waals surface area contributed by atoms with Gasteiger partial charge in [-0.05, 0) is 30.5 Å². The van der Waals surface area contributed by atoms with Crippen LogP contribution in [0, 0.1) is 0 Å². The Morgan fingerprint density at radius 3 is 2.58 bits per heavy atom. The third kappa shape index (κ3) is 3.83. The molecule has 2 aliphatic rings. The Labute approximate surface area is 153 Å². The highest BCUT2D eigenvalue weighted by atomic mass is 16.6. The molecule has 0 saturated carbocycles. The van der Waals surface area contributed by atoms with Crippen LogP contribution in [0.5, 0.6) is 11.5 Å². The van der Waals surface area contributed by atoms with E-state index < -0.39 is 0 Å². The number of fused-ring (bicyclic) bond motifs is 1. The van der Waals surface area contributed by atoms with E-state index in [1.54, 1.807) is 6.07 Å². The molecule has 4 rings (SSSR count). The van der Waals surface area contributed by atoms with Crippen LogP contribution in [0.3, 0.4) is 0 Å². The van der Waals surface area contributed by atoms with Crippen molar-refractivity contribution >= 4 is 5.91 Å². The quantitative estimate of drug-likeness (QED) is 0.919. The summed E-state index contributed by atoms with van der Waals surface area (Å²) in [5.74, 6) is 1.15. The Kier molecular flexibility index (Phi) is 5.07. The highest BCUT2D eigenvalue weighted by molar-refractivity contribution is 5.98. The van der Waals surface area contributed by atoms with Crippen molar-refractivity contribution in [3.8, 4) is 11.5 Å². The molecule has 1 amide bonds. The maximum Gasteiger partial charge on any atom is 0.255 e. The summed E-state index contributed by atoms with van der Waals surface area (Å²) in [6, 6.07) is 16.2. The topological polar surface area (TPSA) is 50.8 Å². The van der Waals surface area contributed by atoms with Gasteiger partial charge < -0.3 is 14.8 Å². The molecule has 0 radical (unpaired) electrons. The number of amides is 1. The van der Waals surface area contributed by atoms with Gasteiger partial charge in [0.05, 0.1) is 5.56 Å². The van der Waals surface area contributed by atoms with Crippen LogP contribution in [0.25, 0.3) is 0 Å². The van der Waals surface area contributed by atoms with Crippen molar-refractivity contribution in [3.63, 3.8) is 0 Å². The number of nitrogens with zero attached hydrogens (tertiary/aromatic N) is 1. The van der Waals surface area contributed by atoms with E-state index in [-0.39, 0.29) is 11.9 Å². The van der Waals surface area contributed by atoms with E-state index in [4.69, 9.17) is 9.47 Å². The van der Waals surface area contributed by atoms with Crippen molar-refractivity contribution in [2.45, 2.75) is 25.4 Å². The lowest BCUT2D eigenvalue weighted by Crippen LogP contribution is -2.44. The second kappa shape index (κ2) is 7.79. The van der Waals surface area contributed by atoms with E-state index in [0.29, 0.717) is 30.3 Å². The third-order valence-electron chi connectivity index (χ3n) is 4.98. The Hall–Kier alpha value is -2.53. The zero-order valence-electron chi connectivity index (χ0n) is 14.8. The number of carbonyl (C=O) groups excluding carboxylic acids is 1. The van der Waals surface area contributed by atoms with Crippen molar-refractivity contribution in [2.75, 3.05) is 26.3 Å². The van der Waals surface area contributed by atoms with Gasteiger partial charge in [0.2, 0.25) is 0 Å². The van der Waals surface area contributed by atoms with Crippen LogP contribution in [0.15, 0.2) is 48.5 Å². The Balaban J connectivity index is 1.33. The van der Waals surface area contributed by atoms with Gasteiger partial charge in [0.15, 0.2) is 11.5 Å². The van der Waals surface area contributed by atoms with Crippen LogP contribution in [0.2, 0.25) is 0 Å². The maximum atomic E-state index is 12.7. The summed E-state index contributed by atoms with van der Waals surface area (Å²) in [4.78, 5) is 15.1. The summed E-state index contributed by atoms with van der Waals surface area (Å²) in [7, 11) is 0. The average molecular weight is 352 g/mol. The molecule has 5 nitrogen and oxygen atoms in total. The number of benzene rings is 2. The molecule has 1 N–H and O–H groups in total. The fourth-order valence-electron chi connectivity index (χ4n) is 3.59. The minimum Gasteiger partial charge on any atom is -0.486 e. The number of hydrogen-bond donors (Lipinski definition) is 1. The summed E-state index contributed by atoms with van der Waals surface area (Å²) in [6.07, 6.45) is 1.93. The number of piperidine rings is 1. The minimum atomic E-state index is -0.0751. The Morgan fingerprint density at radius 1 is 1.00 bits per heavy atom. The van der Waals surface area contributed by atoms with Crippen LogP contribution in [-0.2, 0) is 6.54 Å². The molecule has 136 valence electrons. The zero-order valence-corrected chi connectivity index (χ0v) is 14.8. The Bertz CT molecular complexity index is 755. The van der Waals surface area contributed by atoms with E-state index in [0.717, 1.165) is 32.5 Å². The summed E-state index contributed by atoms with van der Waals surface area (Å²) >= 11 is 0. The zero-order chi connectivity index (χ0) is 17.8. The van der Waals surface area contributed by atoms with Gasteiger partial charge in [-0.1, -0.05) is 36.4 Å². The molecule has 0 bridgehead atoms. The molecule has 0 unspecified atom stereocenters. The lowest BCUT2D eigenvalue weighted by atomic mass is 10.0. The number of hydrogen-bond acceptors (Lipinski definition) is 4. The molecule has 2 aromatic rings. The maximum absolute atomic E-state index is 12.7. The largest absolute Gasteiger partial charge is 0.486 e. The molecule has 2 aliphatic heterocycles. The lowest BCUT2D eigenvalue weighted by Gasteiger charge is -2.32. The third-order valence-corrected chi connectivity index (χ3v) is 4.98. The molecule has 0 spiro atoms. The predicted molar refractivity (Wildman–Crippen MR) is 99.6 cm³/mol. The summed E-state index contributed by atoms with van der Waals surface area (Å²) < 4.78 is 11.2. The molecule has 0 aromatic heterocycles. The number of ether oxygens (including phenoxy) is 2. The van der Waals surface area contributed by atoms with Crippen LogP contribution < -0.4 is 14.8 Å². The second-order valence-electron chi connectivity index (χ2n) is 6.84. The van der Waals surface area contributed by atoms with Crippen molar-refractivity contribution in [2.24, 2.45) is 0 Å². The molecule has 0 aliphatic carbocycles. The van der Waals surface area contributed by atoms with E-state index in [9.17, 15) is 4.79 Å². The fraction of sp³-hybridized carbons (Fsp3) is 0.381. The van der Waals surface area contributed by atoms with Gasteiger partial charge in [0.1, 0.15) is 13.2 Å². The SMILES string of the molecule is O=C(NC1CCN(Cc2ccccc2)CC1)c1cccc2c1OCCO2. The van der Waals surface area contributed by atoms with Gasteiger partial charge in [-0.3, -0.25) is 9.69 Å². The highest BCUT2D eigenvalue weighted by Gasteiger charge is 2.24. The first-order valence-electron chi connectivity index (χ1n) is 9.25. The van der Waals surface area contributed by atoms with Crippen LogP contribution in [0.1, 0.15) is 28.8 Å². The van der Waals surface area contributed by atoms with E-state index in [1.165, 1.54) is 5.56 Å². The molecule has 2 aromatic carbocycles. The smallest absolute Gasteiger partial charge is 0.255 e. The second-order valence-corrected chi connectivity index (χ2v) is 6.84. The molecule has 1 saturated heterocycles. The van der Waals surface area contributed by atoms with Gasteiger partial charge >= 0.3 is 0 Å². The van der Waals surface area contributed by atoms with Crippen molar-refractivity contribution < 1.29 is 14.3 Å². The summed E-state index contributed by atoms with van der Waals surface area (Å²) in [5, 5.41) is 3.17. The highest BCUT2D eigenvalue weighted by Crippen LogP contribution is 2.33. The van der Waals surface area contributed by atoms with Gasteiger partial charge in [-0.15, -0.1) is 0 Å². The lowest BCUT2D eigenvalue weighted by molar-refractivity contribution is 0.0898. The van der Waals surface area contributed by atoms with Gasteiger partial charge in [0, 0.05) is 25.7 Å². The molecule has 2 heterocycles. The minimum absolute atomic E-state index is 0.0751. The van der Waals surface area contributed by atoms with E-state index in [1.807, 2.05) is 18.2 Å². The normalized spacial score (nSPS) is 17.7. The molecule has 26 heavy (non-hydrogen) atoms. The molecule has 5 heteroatoms. The number of nitrogens with one attached hydrogen (secondary N) is 1. The standard InChI is InChI=1S/C21H24N2O3/c24-21(18-7-4-8-19-20(18)26-14-13-25-19)22-17-9-11-23(12-10-17)15-16-5-2-1-3-6-16/h1-8,17H,9-15H2,(H,22,24). The first kappa shape index (κ1) is 16.9. The van der Waals surface area contributed by atoms with E-state index >= 15 is 0 Å². The number of likely N-dealkylation sites (tertiary alicyclic amines) is 1. The first-order chi connectivity index (χ1) is 12.8. The van der Waals surface area contributed by atoms with Crippen molar-refractivity contribution in [3.05, 3.63) is 59.7 Å². The fourth-order valence-corrected chi connectivity index (χ4v) is 3.59. The molecule has 1 fully saturated rings. The van der Waals surface area contributed by atoms with Crippen LogP contribution in [0.4, 0.5) is 0 Å². The summed E-state index contributed by atoms with van der Waals surface area (Å²) in [5.41, 5.74) is 1.90. The number of para-hydroxylation sites is 1. The van der Waals surface area contributed by atoms with Gasteiger partial charge in [0.25, 0.3) is 5.91 Å². The molecular weight excluding hydrogens is 328 g/mol. The average Bonchev–Trinajstić information content (AvgIpc) is 2.70. The predicted octanol–water partition coefficient (Wildman–Crippen LogP) is 2.85. The van der Waals surface area contributed by atoms with Gasteiger partial charge in [-0.2, -0.15) is 0 Å². The van der Waals surface area contributed by atoms with Crippen LogP contribution >= 0.6 is 0 Å². The molecular formula is C21H24N2O3. The number of carbonyl (C=O) groups is 1. The van der Waals surface area contributed by atoms with Crippen molar-refractivity contribution in [1.82, 2.24) is 10.2 Å². The van der Waals surface area contributed by atoms with Crippen molar-refractivity contribution in [1.29, 1.82) is 0 Å². The van der Waals surface area contributed by atoms with E-state index in [2.05, 4.69) is 34.5 Å². The Morgan fingerprint density at radius 2 is 1.77 bits per heavy atom. The first-order valence-corrected chi connectivity index (χ1v) is 9.25. The number of rotatable bonds is 4. The monoisotopic (exact) mass is 352 g/mol. The van der Waals surface area contributed by atoms with Crippen LogP contribution in [-0.4, -0.2) is 43.2 Å².